The Morgan fingerprint density at radius 3 is 2.00 bits per heavy atom. The van der Waals surface area contributed by atoms with Gasteiger partial charge in [0.25, 0.3) is 10.1 Å². The number of anilines is 1. The molecule has 10 heteroatoms. The van der Waals surface area contributed by atoms with Crippen LogP contribution in [-0.4, -0.2) is 47.6 Å². The number of carbonyl (C=O) groups excluding carboxylic acids is 1. The van der Waals surface area contributed by atoms with Crippen molar-refractivity contribution in [3.63, 3.8) is 0 Å². The number of hydrogen-bond donors (Lipinski definition) is 0. The molecule has 0 aliphatic heterocycles. The summed E-state index contributed by atoms with van der Waals surface area (Å²) in [6.07, 6.45) is 1.95. The van der Waals surface area contributed by atoms with Gasteiger partial charge in [-0.25, -0.2) is 13.2 Å². The minimum Gasteiger partial charge on any atom is -0.443 e. The molecule has 0 aromatic heterocycles. The zero-order valence-corrected chi connectivity index (χ0v) is 17.2. The van der Waals surface area contributed by atoms with Crippen molar-refractivity contribution in [1.29, 1.82) is 0 Å². The minimum absolute atomic E-state index is 0.0634. The van der Waals surface area contributed by atoms with Gasteiger partial charge in [-0.05, 0) is 51.3 Å². The van der Waals surface area contributed by atoms with Gasteiger partial charge in [-0.2, -0.15) is 12.7 Å². The van der Waals surface area contributed by atoms with Crippen molar-refractivity contribution < 1.29 is 30.6 Å². The van der Waals surface area contributed by atoms with E-state index in [1.54, 1.807) is 32.9 Å². The van der Waals surface area contributed by atoms with Crippen molar-refractivity contribution in [2.45, 2.75) is 39.2 Å². The summed E-state index contributed by atoms with van der Waals surface area (Å²) in [5, 5.41) is 0. The van der Waals surface area contributed by atoms with Crippen LogP contribution in [0.5, 0.6) is 0 Å². The Bertz CT molecular complexity index is 822. The van der Waals surface area contributed by atoms with Crippen molar-refractivity contribution >= 4 is 31.9 Å². The number of ether oxygens (including phenoxy) is 1. The number of amides is 1. The van der Waals surface area contributed by atoms with Crippen molar-refractivity contribution in [2.75, 3.05) is 23.4 Å². The summed E-state index contributed by atoms with van der Waals surface area (Å²) >= 11 is 0. The molecule has 0 unspecified atom stereocenters. The van der Waals surface area contributed by atoms with E-state index in [1.807, 2.05) is 0 Å². The summed E-state index contributed by atoms with van der Waals surface area (Å²) in [7, 11) is -7.33. The predicted octanol–water partition coefficient (Wildman–Crippen LogP) is 2.30. The lowest BCUT2D eigenvalue weighted by atomic mass is 10.1. The maximum absolute atomic E-state index is 12.2. The first-order valence-corrected chi connectivity index (χ1v) is 11.5. The zero-order valence-electron chi connectivity index (χ0n) is 15.6. The van der Waals surface area contributed by atoms with E-state index in [1.165, 1.54) is 12.1 Å². The summed E-state index contributed by atoms with van der Waals surface area (Å²) in [6, 6.07) is 6.33. The summed E-state index contributed by atoms with van der Waals surface area (Å²) in [5.41, 5.74) is 0.181. The number of hydrogen-bond acceptors (Lipinski definition) is 7. The molecule has 0 saturated carbocycles. The third-order valence-electron chi connectivity index (χ3n) is 2.97. The van der Waals surface area contributed by atoms with Crippen molar-refractivity contribution in [1.82, 2.24) is 0 Å². The quantitative estimate of drug-likeness (QED) is 0.504. The first-order chi connectivity index (χ1) is 11.7. The molecule has 0 radical (unpaired) electrons. The van der Waals surface area contributed by atoms with Gasteiger partial charge in [0.05, 0.1) is 24.8 Å². The summed E-state index contributed by atoms with van der Waals surface area (Å²) in [4.78, 5) is 12.2. The van der Waals surface area contributed by atoms with Crippen molar-refractivity contribution in [3.05, 3.63) is 29.8 Å². The SMILES string of the molecule is CC(C)(C)OC(=O)N(c1ccc(CCCOS(C)(=O)=O)cc1)S(C)(=O)=O. The van der Waals surface area contributed by atoms with Gasteiger partial charge in [0, 0.05) is 0 Å². The first kappa shape index (κ1) is 22.4. The van der Waals surface area contributed by atoms with E-state index >= 15 is 0 Å². The molecule has 1 amide bonds. The highest BCUT2D eigenvalue weighted by Crippen LogP contribution is 2.22. The smallest absolute Gasteiger partial charge is 0.428 e. The van der Waals surface area contributed by atoms with E-state index in [-0.39, 0.29) is 12.3 Å². The van der Waals surface area contributed by atoms with Crippen LogP contribution in [0.15, 0.2) is 24.3 Å². The third kappa shape index (κ3) is 8.15. The summed E-state index contributed by atoms with van der Waals surface area (Å²) in [5.74, 6) is 0. The number of carbonyl (C=O) groups is 1. The minimum atomic E-state index is -3.87. The molecule has 8 nitrogen and oxygen atoms in total. The molecule has 0 bridgehead atoms. The Kier molecular flexibility index (Phi) is 7.20. The Labute approximate surface area is 155 Å². The standard InChI is InChI=1S/C16H25NO7S2/c1-16(2,3)24-15(18)17(25(4,19)20)14-10-8-13(9-11-14)7-6-12-23-26(5,21)22/h8-11H,6-7,12H2,1-5H3. The first-order valence-electron chi connectivity index (χ1n) is 7.86. The third-order valence-corrected chi connectivity index (χ3v) is 4.59. The molecule has 0 N–H and O–H groups in total. The van der Waals surface area contributed by atoms with Crippen molar-refractivity contribution in [3.8, 4) is 0 Å². The topological polar surface area (TPSA) is 107 Å². The lowest BCUT2D eigenvalue weighted by Crippen LogP contribution is -2.40. The maximum atomic E-state index is 12.2. The average Bonchev–Trinajstić information content (AvgIpc) is 2.40. The van der Waals surface area contributed by atoms with Gasteiger partial charge in [-0.15, -0.1) is 0 Å². The van der Waals surface area contributed by atoms with Crippen LogP contribution in [0.3, 0.4) is 0 Å². The van der Waals surface area contributed by atoms with E-state index in [0.717, 1.165) is 18.1 Å². The van der Waals surface area contributed by atoms with Crippen LogP contribution < -0.4 is 4.31 Å². The lowest BCUT2D eigenvalue weighted by molar-refractivity contribution is 0.0609. The van der Waals surface area contributed by atoms with E-state index in [9.17, 15) is 21.6 Å². The van der Waals surface area contributed by atoms with Gasteiger partial charge in [-0.3, -0.25) is 4.18 Å². The van der Waals surface area contributed by atoms with Crippen LogP contribution in [0, 0.1) is 0 Å². The highest BCUT2D eigenvalue weighted by molar-refractivity contribution is 7.92. The number of aryl methyl sites for hydroxylation is 1. The Morgan fingerprint density at radius 1 is 1.04 bits per heavy atom. The lowest BCUT2D eigenvalue weighted by Gasteiger charge is -2.26. The fraction of sp³-hybridized carbons (Fsp3) is 0.562. The second-order valence-electron chi connectivity index (χ2n) is 6.80. The molecule has 0 saturated heterocycles. The Balaban J connectivity index is 2.86. The second-order valence-corrected chi connectivity index (χ2v) is 10.3. The van der Waals surface area contributed by atoms with Gasteiger partial charge < -0.3 is 4.74 Å². The van der Waals surface area contributed by atoms with E-state index in [4.69, 9.17) is 4.74 Å². The molecule has 0 spiro atoms. The fourth-order valence-corrected chi connectivity index (χ4v) is 3.25. The van der Waals surface area contributed by atoms with Crippen LogP contribution >= 0.6 is 0 Å². The number of rotatable bonds is 7. The molecule has 0 heterocycles. The molecule has 1 aromatic rings. The molecular formula is C16H25NO7S2. The molecule has 0 aliphatic rings. The number of sulfonamides is 1. The number of benzene rings is 1. The van der Waals surface area contributed by atoms with Gasteiger partial charge in [0.15, 0.2) is 0 Å². The molecular weight excluding hydrogens is 382 g/mol. The number of nitrogens with zero attached hydrogens (tertiary/aromatic N) is 1. The summed E-state index contributed by atoms with van der Waals surface area (Å²) in [6.45, 7) is 5.00. The predicted molar refractivity (Wildman–Crippen MR) is 99.1 cm³/mol. The molecule has 0 fully saturated rings. The van der Waals surface area contributed by atoms with Crippen LogP contribution in [0.1, 0.15) is 32.8 Å². The maximum Gasteiger partial charge on any atom is 0.428 e. The monoisotopic (exact) mass is 407 g/mol. The normalized spacial score (nSPS) is 12.7. The largest absolute Gasteiger partial charge is 0.443 e. The highest BCUT2D eigenvalue weighted by Gasteiger charge is 2.30. The van der Waals surface area contributed by atoms with Crippen LogP contribution in [-0.2, 0) is 35.5 Å². The van der Waals surface area contributed by atoms with Gasteiger partial charge in [0.2, 0.25) is 10.0 Å². The van der Waals surface area contributed by atoms with E-state index in [2.05, 4.69) is 4.18 Å². The Morgan fingerprint density at radius 2 is 1.58 bits per heavy atom. The fourth-order valence-electron chi connectivity index (χ4n) is 2.02. The van der Waals surface area contributed by atoms with Gasteiger partial charge in [-0.1, -0.05) is 12.1 Å². The Hall–Kier alpha value is -1.65. The molecule has 26 heavy (non-hydrogen) atoms. The average molecular weight is 408 g/mol. The summed E-state index contributed by atoms with van der Waals surface area (Å²) < 4.78 is 56.2. The van der Waals surface area contributed by atoms with Gasteiger partial charge in [0.1, 0.15) is 5.60 Å². The molecule has 148 valence electrons. The molecule has 0 aliphatic carbocycles. The van der Waals surface area contributed by atoms with E-state index in [0.29, 0.717) is 17.1 Å². The molecule has 1 rings (SSSR count). The van der Waals surface area contributed by atoms with Gasteiger partial charge >= 0.3 is 6.09 Å². The zero-order chi connectivity index (χ0) is 20.2. The molecule has 1 aromatic carbocycles. The van der Waals surface area contributed by atoms with Crippen molar-refractivity contribution in [2.24, 2.45) is 0 Å². The van der Waals surface area contributed by atoms with Crippen LogP contribution in [0.4, 0.5) is 10.5 Å². The van der Waals surface area contributed by atoms with E-state index < -0.39 is 31.8 Å². The highest BCUT2D eigenvalue weighted by atomic mass is 32.2. The second kappa shape index (κ2) is 8.36. The van der Waals surface area contributed by atoms with Crippen LogP contribution in [0.2, 0.25) is 0 Å². The molecule has 0 atom stereocenters. The van der Waals surface area contributed by atoms with Crippen LogP contribution in [0.25, 0.3) is 0 Å².